The van der Waals surface area contributed by atoms with Gasteiger partial charge in [0.2, 0.25) is 5.91 Å². The van der Waals surface area contributed by atoms with E-state index in [4.69, 9.17) is 16.6 Å². The van der Waals surface area contributed by atoms with E-state index in [9.17, 15) is 9.59 Å². The maximum absolute atomic E-state index is 12.6. The van der Waals surface area contributed by atoms with E-state index in [0.29, 0.717) is 29.0 Å². The highest BCUT2D eigenvalue weighted by Crippen LogP contribution is 2.42. The number of urea groups is 1. The normalized spacial score (nSPS) is 15.9. The first-order valence-electron chi connectivity index (χ1n) is 10.9. The molecule has 4 heterocycles. The zero-order valence-electron chi connectivity index (χ0n) is 18.7. The number of carbonyl (C=O) groups is 2. The highest BCUT2D eigenvalue weighted by atomic mass is 35.5. The number of halogens is 1. The molecule has 2 aliphatic rings. The van der Waals surface area contributed by atoms with Crippen molar-refractivity contribution in [2.75, 3.05) is 23.8 Å². The fourth-order valence-corrected chi connectivity index (χ4v) is 4.03. The SMILES string of the molecule is CC.Cc1cc(NCc2cn3cc(C4CC4)cc(N4CC(=O)N(C)C4=O)c3n2)cc(Cl)n1. The minimum absolute atomic E-state index is 0.0361. The molecular formula is C23H27ClN6O2. The molecule has 2 fully saturated rings. The van der Waals surface area contributed by atoms with Gasteiger partial charge in [0.05, 0.1) is 17.9 Å². The lowest BCUT2D eigenvalue weighted by molar-refractivity contribution is -0.123. The van der Waals surface area contributed by atoms with Crippen LogP contribution in [0.1, 0.15) is 49.6 Å². The van der Waals surface area contributed by atoms with Gasteiger partial charge >= 0.3 is 6.03 Å². The van der Waals surface area contributed by atoms with Gasteiger partial charge in [-0.15, -0.1) is 0 Å². The molecular weight excluding hydrogens is 428 g/mol. The summed E-state index contributed by atoms with van der Waals surface area (Å²) in [5.41, 5.74) is 5.03. The Morgan fingerprint density at radius 3 is 2.50 bits per heavy atom. The van der Waals surface area contributed by atoms with Gasteiger partial charge in [-0.2, -0.15) is 0 Å². The molecule has 0 atom stereocenters. The number of nitrogens with one attached hydrogen (secondary N) is 1. The van der Waals surface area contributed by atoms with Gasteiger partial charge in [-0.1, -0.05) is 25.4 Å². The van der Waals surface area contributed by atoms with E-state index in [1.165, 1.54) is 17.5 Å². The lowest BCUT2D eigenvalue weighted by atomic mass is 10.1. The quantitative estimate of drug-likeness (QED) is 0.449. The van der Waals surface area contributed by atoms with Gasteiger partial charge in [0.15, 0.2) is 5.65 Å². The summed E-state index contributed by atoms with van der Waals surface area (Å²) in [5, 5.41) is 3.76. The number of imidazole rings is 1. The average molecular weight is 455 g/mol. The Morgan fingerprint density at radius 1 is 1.12 bits per heavy atom. The van der Waals surface area contributed by atoms with Gasteiger partial charge in [0.25, 0.3) is 0 Å². The molecule has 0 spiro atoms. The summed E-state index contributed by atoms with van der Waals surface area (Å²) in [6, 6.07) is 5.38. The number of hydrogen-bond acceptors (Lipinski definition) is 5. The summed E-state index contributed by atoms with van der Waals surface area (Å²) >= 11 is 6.04. The summed E-state index contributed by atoms with van der Waals surface area (Å²) in [5.74, 6) is 0.290. The van der Waals surface area contributed by atoms with Crippen molar-refractivity contribution >= 4 is 40.6 Å². The predicted octanol–water partition coefficient (Wildman–Crippen LogP) is 4.61. The third-order valence-electron chi connectivity index (χ3n) is 5.52. The first kappa shape index (κ1) is 22.1. The summed E-state index contributed by atoms with van der Waals surface area (Å²) < 4.78 is 1.96. The predicted molar refractivity (Wildman–Crippen MR) is 125 cm³/mol. The molecule has 3 amide bonds. The molecule has 1 saturated heterocycles. The highest BCUT2D eigenvalue weighted by molar-refractivity contribution is 6.29. The molecule has 1 aliphatic carbocycles. The second kappa shape index (κ2) is 8.78. The molecule has 3 aromatic heterocycles. The van der Waals surface area contributed by atoms with Crippen LogP contribution in [0.25, 0.3) is 5.65 Å². The number of nitrogens with zero attached hydrogens (tertiary/aromatic N) is 5. The van der Waals surface area contributed by atoms with Crippen LogP contribution in [0, 0.1) is 6.92 Å². The number of pyridine rings is 2. The van der Waals surface area contributed by atoms with Crippen LogP contribution in [-0.2, 0) is 11.3 Å². The number of rotatable bonds is 5. The van der Waals surface area contributed by atoms with E-state index in [2.05, 4.69) is 16.5 Å². The third-order valence-corrected chi connectivity index (χ3v) is 5.72. The number of hydrogen-bond donors (Lipinski definition) is 1. The Morgan fingerprint density at radius 2 is 1.88 bits per heavy atom. The van der Waals surface area contributed by atoms with E-state index in [0.717, 1.165) is 34.8 Å². The van der Waals surface area contributed by atoms with Gasteiger partial charge in [-0.05, 0) is 49.4 Å². The molecule has 1 saturated carbocycles. The molecule has 5 rings (SSSR count). The van der Waals surface area contributed by atoms with Gasteiger partial charge < -0.3 is 9.72 Å². The number of imide groups is 1. The molecule has 0 aromatic carbocycles. The van der Waals surface area contributed by atoms with Gasteiger partial charge in [-0.25, -0.2) is 14.8 Å². The Labute approximate surface area is 192 Å². The highest BCUT2D eigenvalue weighted by Gasteiger charge is 2.36. The van der Waals surface area contributed by atoms with Crippen LogP contribution >= 0.6 is 11.6 Å². The molecule has 32 heavy (non-hydrogen) atoms. The van der Waals surface area contributed by atoms with Crippen molar-refractivity contribution in [1.82, 2.24) is 19.3 Å². The van der Waals surface area contributed by atoms with Crippen molar-refractivity contribution in [2.45, 2.75) is 46.1 Å². The zero-order chi connectivity index (χ0) is 23.0. The Kier molecular flexibility index (Phi) is 6.06. The van der Waals surface area contributed by atoms with Crippen molar-refractivity contribution in [3.63, 3.8) is 0 Å². The molecule has 1 N–H and O–H groups in total. The second-order valence-electron chi connectivity index (χ2n) is 7.89. The van der Waals surface area contributed by atoms with Gasteiger partial charge in [-0.3, -0.25) is 14.6 Å². The van der Waals surface area contributed by atoms with Crippen LogP contribution in [0.2, 0.25) is 5.15 Å². The topological polar surface area (TPSA) is 82.8 Å². The van der Waals surface area contributed by atoms with Crippen LogP contribution in [0.3, 0.4) is 0 Å². The first-order chi connectivity index (χ1) is 15.4. The largest absolute Gasteiger partial charge is 0.379 e. The monoisotopic (exact) mass is 454 g/mol. The van der Waals surface area contributed by atoms with Crippen molar-refractivity contribution in [3.05, 3.63) is 52.7 Å². The van der Waals surface area contributed by atoms with Crippen LogP contribution in [-0.4, -0.2) is 44.8 Å². The third kappa shape index (κ3) is 4.27. The van der Waals surface area contributed by atoms with Crippen LogP contribution in [0.4, 0.5) is 16.2 Å². The average Bonchev–Trinajstić information content (AvgIpc) is 3.49. The number of amides is 3. The van der Waals surface area contributed by atoms with Crippen molar-refractivity contribution < 1.29 is 9.59 Å². The van der Waals surface area contributed by atoms with Crippen molar-refractivity contribution in [2.24, 2.45) is 0 Å². The second-order valence-corrected chi connectivity index (χ2v) is 8.28. The van der Waals surface area contributed by atoms with Crippen molar-refractivity contribution in [1.29, 1.82) is 0 Å². The standard InChI is InChI=1S/C21H21ClN6O2.C2H6/c1-12-5-15(7-18(22)24-12)23-8-16-10-27-9-14(13-3-4-13)6-17(20(27)25-16)28-11-19(29)26(2)21(28)30;1-2/h5-7,9-10,13H,3-4,8,11H2,1-2H3,(H,23,24);1-2H3. The maximum atomic E-state index is 12.6. The summed E-state index contributed by atoms with van der Waals surface area (Å²) in [7, 11) is 1.51. The van der Waals surface area contributed by atoms with E-state index in [-0.39, 0.29) is 18.5 Å². The number of fused-ring (bicyclic) bond motifs is 1. The van der Waals surface area contributed by atoms with Crippen molar-refractivity contribution in [3.8, 4) is 0 Å². The van der Waals surface area contributed by atoms with E-state index in [1.807, 2.05) is 43.5 Å². The number of likely N-dealkylation sites (N-methyl/N-ethyl adjacent to an activating group) is 1. The Bertz CT molecular complexity index is 1170. The number of carbonyl (C=O) groups excluding carboxylic acids is 2. The van der Waals surface area contributed by atoms with Crippen LogP contribution < -0.4 is 10.2 Å². The number of anilines is 2. The molecule has 0 bridgehead atoms. The van der Waals surface area contributed by atoms with Crippen LogP contribution in [0.5, 0.6) is 0 Å². The molecule has 0 radical (unpaired) electrons. The molecule has 3 aromatic rings. The zero-order valence-corrected chi connectivity index (χ0v) is 19.5. The minimum Gasteiger partial charge on any atom is -0.379 e. The van der Waals surface area contributed by atoms with E-state index < -0.39 is 0 Å². The Balaban J connectivity index is 0.00000119. The molecule has 168 valence electrons. The summed E-state index contributed by atoms with van der Waals surface area (Å²) in [6.45, 7) is 6.42. The molecule has 8 nitrogen and oxygen atoms in total. The fraction of sp³-hybridized carbons (Fsp3) is 0.391. The lowest BCUT2D eigenvalue weighted by Crippen LogP contribution is -2.30. The van der Waals surface area contributed by atoms with Gasteiger partial charge in [0.1, 0.15) is 11.7 Å². The lowest BCUT2D eigenvalue weighted by Gasteiger charge is -2.17. The molecule has 0 unspecified atom stereocenters. The smallest absolute Gasteiger partial charge is 0.331 e. The number of aromatic nitrogens is 3. The van der Waals surface area contributed by atoms with E-state index >= 15 is 0 Å². The molecule has 9 heteroatoms. The maximum Gasteiger partial charge on any atom is 0.331 e. The molecule has 1 aliphatic heterocycles. The first-order valence-corrected chi connectivity index (χ1v) is 11.2. The van der Waals surface area contributed by atoms with E-state index in [1.54, 1.807) is 6.07 Å². The van der Waals surface area contributed by atoms with Crippen LogP contribution in [0.15, 0.2) is 30.6 Å². The van der Waals surface area contributed by atoms with Gasteiger partial charge in [0, 0.05) is 30.8 Å². The minimum atomic E-state index is -0.320. The summed E-state index contributed by atoms with van der Waals surface area (Å²) in [4.78, 5) is 36.3. The Hall–Kier alpha value is -3.13. The fourth-order valence-electron chi connectivity index (χ4n) is 3.78. The number of aryl methyl sites for hydroxylation is 1. The summed E-state index contributed by atoms with van der Waals surface area (Å²) in [6.07, 6.45) is 6.32.